The minimum Gasteiger partial charge on any atom is -0.380 e. The van der Waals surface area contributed by atoms with Crippen LogP contribution in [0.1, 0.15) is 42.7 Å². The minimum absolute atomic E-state index is 0.140. The van der Waals surface area contributed by atoms with E-state index < -0.39 is 0 Å². The Hall–Kier alpha value is -1.22. The average Bonchev–Trinajstić information content (AvgIpc) is 2.40. The van der Waals surface area contributed by atoms with E-state index in [9.17, 15) is 9.18 Å². The third-order valence-electron chi connectivity index (χ3n) is 3.78. The fourth-order valence-electron chi connectivity index (χ4n) is 2.72. The molecule has 2 nitrogen and oxygen atoms in total. The lowest BCUT2D eigenvalue weighted by atomic mass is 9.79. The highest BCUT2D eigenvalue weighted by molar-refractivity contribution is 5.53. The van der Waals surface area contributed by atoms with Crippen LogP contribution in [0.25, 0.3) is 0 Å². The van der Waals surface area contributed by atoms with Gasteiger partial charge >= 0.3 is 0 Å². The Balaban J connectivity index is 2.07. The van der Waals surface area contributed by atoms with E-state index in [1.165, 1.54) is 0 Å². The van der Waals surface area contributed by atoms with E-state index in [2.05, 4.69) is 0 Å². The van der Waals surface area contributed by atoms with Gasteiger partial charge in [-0.25, -0.2) is 4.39 Å². The number of hydrogen-bond acceptors (Lipinski definition) is 2. The van der Waals surface area contributed by atoms with Gasteiger partial charge in [0.05, 0.1) is 6.61 Å². The maximum absolute atomic E-state index is 14.0. The maximum Gasteiger partial charge on any atom is 0.127 e. The Bertz CT molecular complexity index is 409. The third-order valence-corrected chi connectivity index (χ3v) is 3.78. The standard InChI is InChI=1S/C15H19FO2/c1-18-10-12-4-7-14(15(16)8-12)13-5-2-11(9-17)3-6-13/h4,7-9,11,13H,2-3,5-6,10H2,1H3/t11-,13-. The molecule has 1 fully saturated rings. The van der Waals surface area contributed by atoms with Crippen LogP contribution in [-0.4, -0.2) is 13.4 Å². The second kappa shape index (κ2) is 6.10. The molecule has 1 aromatic rings. The van der Waals surface area contributed by atoms with Crippen molar-refractivity contribution in [1.29, 1.82) is 0 Å². The van der Waals surface area contributed by atoms with Gasteiger partial charge in [0.1, 0.15) is 12.1 Å². The molecule has 18 heavy (non-hydrogen) atoms. The molecule has 1 aliphatic rings. The van der Waals surface area contributed by atoms with Crippen LogP contribution in [0.4, 0.5) is 4.39 Å². The van der Waals surface area contributed by atoms with E-state index in [4.69, 9.17) is 4.74 Å². The molecular weight excluding hydrogens is 231 g/mol. The van der Waals surface area contributed by atoms with Crippen molar-refractivity contribution in [3.05, 3.63) is 35.1 Å². The summed E-state index contributed by atoms with van der Waals surface area (Å²) in [5, 5.41) is 0. The van der Waals surface area contributed by atoms with Crippen molar-refractivity contribution < 1.29 is 13.9 Å². The first-order valence-electron chi connectivity index (χ1n) is 6.47. The number of halogens is 1. The molecule has 2 rings (SSSR count). The van der Waals surface area contributed by atoms with E-state index in [1.54, 1.807) is 13.2 Å². The Kier molecular flexibility index (Phi) is 4.48. The molecule has 0 spiro atoms. The summed E-state index contributed by atoms with van der Waals surface area (Å²) in [7, 11) is 1.60. The first kappa shape index (κ1) is 13.2. The van der Waals surface area contributed by atoms with Gasteiger partial charge in [-0.3, -0.25) is 0 Å². The lowest BCUT2D eigenvalue weighted by molar-refractivity contribution is -0.111. The summed E-state index contributed by atoms with van der Waals surface area (Å²) < 4.78 is 19.0. The minimum atomic E-state index is -0.140. The number of rotatable bonds is 4. The number of aldehydes is 1. The highest BCUT2D eigenvalue weighted by Gasteiger charge is 2.23. The molecule has 0 saturated heterocycles. The van der Waals surface area contributed by atoms with Gasteiger partial charge in [0.2, 0.25) is 0 Å². The molecule has 3 heteroatoms. The van der Waals surface area contributed by atoms with Crippen LogP contribution in [0.3, 0.4) is 0 Å². The summed E-state index contributed by atoms with van der Waals surface area (Å²) in [6.45, 7) is 0.440. The number of ether oxygens (including phenoxy) is 1. The molecule has 0 bridgehead atoms. The van der Waals surface area contributed by atoms with E-state index in [1.807, 2.05) is 12.1 Å². The zero-order chi connectivity index (χ0) is 13.0. The monoisotopic (exact) mass is 250 g/mol. The van der Waals surface area contributed by atoms with Gasteiger partial charge in [-0.2, -0.15) is 0 Å². The third kappa shape index (κ3) is 2.96. The van der Waals surface area contributed by atoms with Crippen molar-refractivity contribution in [3.63, 3.8) is 0 Å². The topological polar surface area (TPSA) is 26.3 Å². The fourth-order valence-corrected chi connectivity index (χ4v) is 2.72. The number of hydrogen-bond donors (Lipinski definition) is 0. The summed E-state index contributed by atoms with van der Waals surface area (Å²) in [4.78, 5) is 10.7. The molecule has 0 aliphatic heterocycles. The van der Waals surface area contributed by atoms with Crippen LogP contribution in [-0.2, 0) is 16.1 Å². The Morgan fingerprint density at radius 1 is 1.33 bits per heavy atom. The molecule has 0 N–H and O–H groups in total. The van der Waals surface area contributed by atoms with Crippen molar-refractivity contribution in [1.82, 2.24) is 0 Å². The SMILES string of the molecule is COCc1ccc([C@H]2CC[C@H](C=O)CC2)c(F)c1. The van der Waals surface area contributed by atoms with Crippen molar-refractivity contribution in [2.45, 2.75) is 38.2 Å². The second-order valence-electron chi connectivity index (χ2n) is 5.04. The lowest BCUT2D eigenvalue weighted by Crippen LogP contribution is -2.15. The van der Waals surface area contributed by atoms with Crippen molar-refractivity contribution in [2.75, 3.05) is 7.11 Å². The molecular formula is C15H19FO2. The highest BCUT2D eigenvalue weighted by Crippen LogP contribution is 2.36. The molecule has 1 aliphatic carbocycles. The van der Waals surface area contributed by atoms with Crippen LogP contribution in [0.5, 0.6) is 0 Å². The van der Waals surface area contributed by atoms with Crippen LogP contribution < -0.4 is 0 Å². The van der Waals surface area contributed by atoms with Crippen LogP contribution in [0.15, 0.2) is 18.2 Å². The van der Waals surface area contributed by atoms with Crippen molar-refractivity contribution in [3.8, 4) is 0 Å². The lowest BCUT2D eigenvalue weighted by Gasteiger charge is -2.26. The van der Waals surface area contributed by atoms with Gasteiger partial charge in [-0.15, -0.1) is 0 Å². The molecule has 0 unspecified atom stereocenters. The molecule has 0 amide bonds. The smallest absolute Gasteiger partial charge is 0.127 e. The van der Waals surface area contributed by atoms with Gasteiger partial charge in [0.25, 0.3) is 0 Å². The van der Waals surface area contributed by atoms with Gasteiger partial charge in [-0.1, -0.05) is 12.1 Å². The Morgan fingerprint density at radius 2 is 2.06 bits per heavy atom. The zero-order valence-corrected chi connectivity index (χ0v) is 10.7. The number of benzene rings is 1. The van der Waals surface area contributed by atoms with Gasteiger partial charge in [-0.05, 0) is 48.8 Å². The van der Waals surface area contributed by atoms with Gasteiger partial charge in [0.15, 0.2) is 0 Å². The number of methoxy groups -OCH3 is 1. The Morgan fingerprint density at radius 3 is 2.61 bits per heavy atom. The first-order chi connectivity index (χ1) is 8.74. The molecule has 1 saturated carbocycles. The highest BCUT2D eigenvalue weighted by atomic mass is 19.1. The maximum atomic E-state index is 14.0. The average molecular weight is 250 g/mol. The largest absolute Gasteiger partial charge is 0.380 e. The Labute approximate surface area is 107 Å². The quantitative estimate of drug-likeness (QED) is 0.765. The fraction of sp³-hybridized carbons (Fsp3) is 0.533. The number of carbonyl (C=O) groups is 1. The van der Waals surface area contributed by atoms with Crippen molar-refractivity contribution in [2.24, 2.45) is 5.92 Å². The zero-order valence-electron chi connectivity index (χ0n) is 10.7. The number of carbonyl (C=O) groups excluding carboxylic acids is 1. The molecule has 1 aromatic carbocycles. The second-order valence-corrected chi connectivity index (χ2v) is 5.04. The molecule has 0 radical (unpaired) electrons. The van der Waals surface area contributed by atoms with E-state index >= 15 is 0 Å². The van der Waals surface area contributed by atoms with E-state index in [0.717, 1.165) is 43.1 Å². The van der Waals surface area contributed by atoms with Crippen LogP contribution in [0.2, 0.25) is 0 Å². The van der Waals surface area contributed by atoms with Gasteiger partial charge in [0, 0.05) is 13.0 Å². The summed E-state index contributed by atoms with van der Waals surface area (Å²) in [5.41, 5.74) is 1.65. The summed E-state index contributed by atoms with van der Waals surface area (Å²) >= 11 is 0. The van der Waals surface area contributed by atoms with Crippen LogP contribution >= 0.6 is 0 Å². The molecule has 98 valence electrons. The summed E-state index contributed by atoms with van der Waals surface area (Å²) in [6.07, 6.45) is 4.61. The predicted molar refractivity (Wildman–Crippen MR) is 67.9 cm³/mol. The van der Waals surface area contributed by atoms with E-state index in [-0.39, 0.29) is 17.7 Å². The van der Waals surface area contributed by atoms with Gasteiger partial charge < -0.3 is 9.53 Å². The molecule has 0 heterocycles. The first-order valence-corrected chi connectivity index (χ1v) is 6.47. The predicted octanol–water partition coefficient (Wildman–Crippen LogP) is 3.44. The summed E-state index contributed by atoms with van der Waals surface area (Å²) in [6, 6.07) is 5.36. The van der Waals surface area contributed by atoms with Crippen molar-refractivity contribution >= 4 is 6.29 Å². The molecule has 0 atom stereocenters. The molecule has 0 aromatic heterocycles. The van der Waals surface area contributed by atoms with E-state index in [0.29, 0.717) is 6.61 Å². The normalized spacial score (nSPS) is 23.9. The summed E-state index contributed by atoms with van der Waals surface area (Å²) in [5.74, 6) is 0.300. The van der Waals surface area contributed by atoms with Crippen LogP contribution in [0, 0.1) is 11.7 Å².